The average Bonchev–Trinajstić information content (AvgIpc) is 3.16. The van der Waals surface area contributed by atoms with Gasteiger partial charge in [0.25, 0.3) is 0 Å². The van der Waals surface area contributed by atoms with Crippen LogP contribution in [0, 0.1) is 6.92 Å². The number of amides is 3. The van der Waals surface area contributed by atoms with Gasteiger partial charge in [-0.2, -0.15) is 0 Å². The molecule has 7 nitrogen and oxygen atoms in total. The second-order valence-electron chi connectivity index (χ2n) is 6.77. The summed E-state index contributed by atoms with van der Waals surface area (Å²) in [5.74, 6) is 0.254. The van der Waals surface area contributed by atoms with Gasteiger partial charge in [0.05, 0.1) is 24.3 Å². The fourth-order valence-electron chi connectivity index (χ4n) is 3.39. The monoisotopic (exact) mass is 367 g/mol. The molecule has 3 amide bonds. The van der Waals surface area contributed by atoms with Crippen LogP contribution in [0.1, 0.15) is 36.4 Å². The number of hydrogen-bond donors (Lipinski definition) is 3. The standard InChI is InChI=1S/C20H25N5O2/c1-14-6-2-3-7-16(14)17(23-20(21)27)12-19(26)24-18-9-8-15(13-22-18)25-10-4-5-11-25/h2-3,6-9,13,17H,4-5,10-12H2,1H3,(H3,21,23,27)(H,22,24,26)/t17-/m0/s1. The first-order valence-corrected chi connectivity index (χ1v) is 9.15. The van der Waals surface area contributed by atoms with Crippen LogP contribution in [0.15, 0.2) is 42.6 Å². The van der Waals surface area contributed by atoms with Crippen LogP contribution < -0.4 is 21.3 Å². The molecule has 0 bridgehead atoms. The Kier molecular flexibility index (Phi) is 5.90. The zero-order chi connectivity index (χ0) is 19.2. The Balaban J connectivity index is 1.65. The lowest BCUT2D eigenvalue weighted by atomic mass is 9.98. The summed E-state index contributed by atoms with van der Waals surface area (Å²) in [6.45, 7) is 4.02. The minimum Gasteiger partial charge on any atom is -0.370 e. The molecule has 1 aromatic carbocycles. The molecule has 2 aromatic rings. The van der Waals surface area contributed by atoms with Gasteiger partial charge in [-0.3, -0.25) is 4.79 Å². The van der Waals surface area contributed by atoms with Gasteiger partial charge in [0.15, 0.2) is 0 Å². The molecule has 1 atom stereocenters. The summed E-state index contributed by atoms with van der Waals surface area (Å²) in [6, 6.07) is 10.2. The minimum atomic E-state index is -0.663. The number of aryl methyl sites for hydroxylation is 1. The molecule has 0 aliphatic carbocycles. The SMILES string of the molecule is Cc1ccccc1[C@H](CC(=O)Nc1ccc(N2CCCC2)cn1)NC(N)=O. The summed E-state index contributed by atoms with van der Waals surface area (Å²) in [7, 11) is 0. The lowest BCUT2D eigenvalue weighted by Gasteiger charge is -2.20. The molecular formula is C20H25N5O2. The van der Waals surface area contributed by atoms with Gasteiger partial charge in [-0.1, -0.05) is 24.3 Å². The Hall–Kier alpha value is -3.09. The van der Waals surface area contributed by atoms with E-state index in [0.717, 1.165) is 29.9 Å². The van der Waals surface area contributed by atoms with Crippen LogP contribution in [0.5, 0.6) is 0 Å². The van der Waals surface area contributed by atoms with Gasteiger partial charge >= 0.3 is 6.03 Å². The maximum atomic E-state index is 12.5. The van der Waals surface area contributed by atoms with E-state index in [0.29, 0.717) is 5.82 Å². The highest BCUT2D eigenvalue weighted by Crippen LogP contribution is 2.22. The number of primary amides is 1. The van der Waals surface area contributed by atoms with Crippen LogP contribution in [0.4, 0.5) is 16.3 Å². The van der Waals surface area contributed by atoms with Crippen molar-refractivity contribution in [3.63, 3.8) is 0 Å². The van der Waals surface area contributed by atoms with Gasteiger partial charge in [0, 0.05) is 13.1 Å². The second kappa shape index (κ2) is 8.53. The molecule has 2 heterocycles. The van der Waals surface area contributed by atoms with Gasteiger partial charge in [-0.05, 0) is 43.0 Å². The van der Waals surface area contributed by atoms with Crippen LogP contribution >= 0.6 is 0 Å². The van der Waals surface area contributed by atoms with Crippen molar-refractivity contribution in [1.82, 2.24) is 10.3 Å². The molecule has 142 valence electrons. The van der Waals surface area contributed by atoms with Crippen molar-refractivity contribution >= 4 is 23.4 Å². The summed E-state index contributed by atoms with van der Waals surface area (Å²) in [4.78, 5) is 30.5. The number of anilines is 2. The normalized spacial score (nSPS) is 14.6. The summed E-state index contributed by atoms with van der Waals surface area (Å²) in [5, 5.41) is 5.44. The Labute approximate surface area is 159 Å². The van der Waals surface area contributed by atoms with Crippen molar-refractivity contribution in [2.75, 3.05) is 23.3 Å². The summed E-state index contributed by atoms with van der Waals surface area (Å²) in [5.41, 5.74) is 8.20. The Morgan fingerprint density at radius 2 is 1.93 bits per heavy atom. The molecule has 1 aromatic heterocycles. The van der Waals surface area contributed by atoms with Gasteiger partial charge < -0.3 is 21.3 Å². The number of urea groups is 1. The topological polar surface area (TPSA) is 100 Å². The third-order valence-electron chi connectivity index (χ3n) is 4.76. The number of carbonyl (C=O) groups excluding carboxylic acids is 2. The zero-order valence-corrected chi connectivity index (χ0v) is 15.4. The summed E-state index contributed by atoms with van der Waals surface area (Å²) < 4.78 is 0. The molecule has 0 radical (unpaired) electrons. The molecule has 1 saturated heterocycles. The number of carbonyl (C=O) groups is 2. The van der Waals surface area contributed by atoms with Crippen molar-refractivity contribution in [3.05, 3.63) is 53.7 Å². The number of hydrogen-bond acceptors (Lipinski definition) is 4. The van der Waals surface area contributed by atoms with Crippen molar-refractivity contribution in [2.45, 2.75) is 32.2 Å². The van der Waals surface area contributed by atoms with Crippen LogP contribution in [-0.2, 0) is 4.79 Å². The molecule has 0 saturated carbocycles. The maximum Gasteiger partial charge on any atom is 0.312 e. The van der Waals surface area contributed by atoms with Crippen molar-refractivity contribution in [2.24, 2.45) is 5.73 Å². The molecule has 27 heavy (non-hydrogen) atoms. The number of nitrogens with two attached hydrogens (primary N) is 1. The average molecular weight is 367 g/mol. The highest BCUT2D eigenvalue weighted by Gasteiger charge is 2.19. The van der Waals surface area contributed by atoms with Gasteiger partial charge in [-0.25, -0.2) is 9.78 Å². The minimum absolute atomic E-state index is 0.0728. The molecule has 3 rings (SSSR count). The van der Waals surface area contributed by atoms with Gasteiger partial charge in [0.1, 0.15) is 5.82 Å². The zero-order valence-electron chi connectivity index (χ0n) is 15.4. The van der Waals surface area contributed by atoms with E-state index in [-0.39, 0.29) is 12.3 Å². The lowest BCUT2D eigenvalue weighted by molar-refractivity contribution is -0.116. The predicted octanol–water partition coefficient (Wildman–Crippen LogP) is 2.73. The van der Waals surface area contributed by atoms with Crippen LogP contribution in [0.25, 0.3) is 0 Å². The first-order valence-electron chi connectivity index (χ1n) is 9.15. The Morgan fingerprint density at radius 1 is 1.19 bits per heavy atom. The van der Waals surface area contributed by atoms with E-state index < -0.39 is 12.1 Å². The molecule has 4 N–H and O–H groups in total. The van der Waals surface area contributed by atoms with Gasteiger partial charge in [0.2, 0.25) is 5.91 Å². The predicted molar refractivity (Wildman–Crippen MR) is 106 cm³/mol. The first-order chi connectivity index (χ1) is 13.0. The Morgan fingerprint density at radius 3 is 2.56 bits per heavy atom. The molecule has 1 aliphatic heterocycles. The summed E-state index contributed by atoms with van der Waals surface area (Å²) >= 11 is 0. The molecule has 1 aliphatic rings. The third-order valence-corrected chi connectivity index (χ3v) is 4.76. The fourth-order valence-corrected chi connectivity index (χ4v) is 3.39. The highest BCUT2D eigenvalue weighted by molar-refractivity contribution is 5.90. The first kappa shape index (κ1) is 18.7. The van der Waals surface area contributed by atoms with E-state index in [1.165, 1.54) is 12.8 Å². The van der Waals surface area contributed by atoms with E-state index in [9.17, 15) is 9.59 Å². The molecule has 0 unspecified atom stereocenters. The van der Waals surface area contributed by atoms with E-state index >= 15 is 0 Å². The van der Waals surface area contributed by atoms with Crippen LogP contribution in [0.2, 0.25) is 0 Å². The van der Waals surface area contributed by atoms with Crippen LogP contribution in [-0.4, -0.2) is 30.0 Å². The van der Waals surface area contributed by atoms with E-state index in [2.05, 4.69) is 20.5 Å². The number of nitrogens with one attached hydrogen (secondary N) is 2. The lowest BCUT2D eigenvalue weighted by Crippen LogP contribution is -2.35. The number of pyridine rings is 1. The van der Waals surface area contributed by atoms with E-state index in [4.69, 9.17) is 5.73 Å². The second-order valence-corrected chi connectivity index (χ2v) is 6.77. The van der Waals surface area contributed by atoms with Crippen LogP contribution in [0.3, 0.4) is 0 Å². The fraction of sp³-hybridized carbons (Fsp3) is 0.350. The third kappa shape index (κ3) is 4.97. The van der Waals surface area contributed by atoms with Crippen molar-refractivity contribution < 1.29 is 9.59 Å². The van der Waals surface area contributed by atoms with E-state index in [1.807, 2.05) is 37.3 Å². The number of aromatic nitrogens is 1. The number of nitrogens with zero attached hydrogens (tertiary/aromatic N) is 2. The molecule has 0 spiro atoms. The highest BCUT2D eigenvalue weighted by atomic mass is 16.2. The van der Waals surface area contributed by atoms with Crippen molar-refractivity contribution in [3.8, 4) is 0 Å². The maximum absolute atomic E-state index is 12.5. The largest absolute Gasteiger partial charge is 0.370 e. The summed E-state index contributed by atoms with van der Waals surface area (Å²) in [6.07, 6.45) is 4.25. The quantitative estimate of drug-likeness (QED) is 0.731. The molecule has 7 heteroatoms. The van der Waals surface area contributed by atoms with Gasteiger partial charge in [-0.15, -0.1) is 0 Å². The molecule has 1 fully saturated rings. The molecular weight excluding hydrogens is 342 g/mol. The van der Waals surface area contributed by atoms with E-state index in [1.54, 1.807) is 12.3 Å². The number of rotatable bonds is 6. The smallest absolute Gasteiger partial charge is 0.312 e. The Bertz CT molecular complexity index is 800. The number of benzene rings is 1. The van der Waals surface area contributed by atoms with Crippen molar-refractivity contribution in [1.29, 1.82) is 0 Å².